The van der Waals surface area contributed by atoms with Crippen LogP contribution in [-0.2, 0) is 19.1 Å². The Morgan fingerprint density at radius 3 is 2.32 bits per heavy atom. The van der Waals surface area contributed by atoms with Gasteiger partial charge in [0, 0.05) is 11.3 Å². The standard InChI is InChI=1S/C18H19FN2O3S/c1-18(25-2)13-12(20-17(18)24)8-7-11(19)14(13)21-15(22)9-5-3-4-6-10(9)16(21)23/h7-10H,3-6H2,1-2H3,(H,20,24). The van der Waals surface area contributed by atoms with Crippen LogP contribution in [-0.4, -0.2) is 24.0 Å². The molecule has 2 aliphatic heterocycles. The molecule has 0 bridgehead atoms. The smallest absolute Gasteiger partial charge is 0.244 e. The minimum Gasteiger partial charge on any atom is -0.324 e. The summed E-state index contributed by atoms with van der Waals surface area (Å²) in [5.74, 6) is -2.28. The summed E-state index contributed by atoms with van der Waals surface area (Å²) in [6.45, 7) is 1.69. The summed E-state index contributed by atoms with van der Waals surface area (Å²) in [4.78, 5) is 39.3. The maximum atomic E-state index is 14.8. The van der Waals surface area contributed by atoms with Crippen LogP contribution >= 0.6 is 11.8 Å². The van der Waals surface area contributed by atoms with Crippen molar-refractivity contribution in [2.24, 2.45) is 11.8 Å². The van der Waals surface area contributed by atoms with Crippen LogP contribution in [0.15, 0.2) is 12.1 Å². The zero-order valence-corrected chi connectivity index (χ0v) is 14.9. The van der Waals surface area contributed by atoms with Crippen LogP contribution in [0.5, 0.6) is 0 Å². The fourth-order valence-electron chi connectivity index (χ4n) is 4.30. The van der Waals surface area contributed by atoms with Crippen LogP contribution in [0.4, 0.5) is 15.8 Å². The number of carbonyl (C=O) groups excluding carboxylic acids is 3. The first-order valence-corrected chi connectivity index (χ1v) is 9.70. The molecule has 4 rings (SSSR count). The zero-order chi connectivity index (χ0) is 17.9. The molecule has 3 aliphatic rings. The van der Waals surface area contributed by atoms with Crippen LogP contribution in [0.1, 0.15) is 38.2 Å². The molecule has 1 saturated heterocycles. The highest BCUT2D eigenvalue weighted by atomic mass is 32.2. The summed E-state index contributed by atoms with van der Waals surface area (Å²) in [6, 6.07) is 2.70. The second-order valence-electron chi connectivity index (χ2n) is 7.02. The number of nitrogens with one attached hydrogen (secondary N) is 1. The number of rotatable bonds is 2. The number of amides is 3. The van der Waals surface area contributed by atoms with Crippen molar-refractivity contribution >= 4 is 40.9 Å². The van der Waals surface area contributed by atoms with Crippen molar-refractivity contribution in [3.8, 4) is 0 Å². The van der Waals surface area contributed by atoms with Gasteiger partial charge in [0.05, 0.1) is 17.5 Å². The molecular weight excluding hydrogens is 343 g/mol. The average molecular weight is 362 g/mol. The van der Waals surface area contributed by atoms with Gasteiger partial charge in [0.15, 0.2) is 0 Å². The molecular formula is C18H19FN2O3S. The van der Waals surface area contributed by atoms with E-state index in [4.69, 9.17) is 0 Å². The number of fused-ring (bicyclic) bond motifs is 2. The van der Waals surface area contributed by atoms with Crippen molar-refractivity contribution in [1.29, 1.82) is 0 Å². The van der Waals surface area contributed by atoms with Gasteiger partial charge in [0.1, 0.15) is 10.6 Å². The summed E-state index contributed by atoms with van der Waals surface area (Å²) in [6.07, 6.45) is 4.91. The van der Waals surface area contributed by atoms with Gasteiger partial charge >= 0.3 is 0 Å². The summed E-state index contributed by atoms with van der Waals surface area (Å²) in [5.41, 5.74) is 0.816. The van der Waals surface area contributed by atoms with E-state index in [1.54, 1.807) is 13.2 Å². The summed E-state index contributed by atoms with van der Waals surface area (Å²) >= 11 is 1.27. The molecule has 25 heavy (non-hydrogen) atoms. The van der Waals surface area contributed by atoms with E-state index in [0.29, 0.717) is 24.1 Å². The SMILES string of the molecule is CSC1(C)C(=O)Nc2ccc(F)c(N3C(=O)C4CCCCC4C3=O)c21. The van der Waals surface area contributed by atoms with Crippen molar-refractivity contribution in [3.05, 3.63) is 23.5 Å². The first-order chi connectivity index (χ1) is 11.9. The minimum absolute atomic E-state index is 0.0444. The molecule has 0 radical (unpaired) electrons. The number of anilines is 2. The van der Waals surface area contributed by atoms with Gasteiger partial charge in [-0.25, -0.2) is 9.29 Å². The van der Waals surface area contributed by atoms with Crippen molar-refractivity contribution in [3.63, 3.8) is 0 Å². The fraction of sp³-hybridized carbons (Fsp3) is 0.500. The quantitative estimate of drug-likeness (QED) is 0.821. The first-order valence-electron chi connectivity index (χ1n) is 8.47. The van der Waals surface area contributed by atoms with Crippen molar-refractivity contribution in [1.82, 2.24) is 0 Å². The van der Waals surface area contributed by atoms with Gasteiger partial charge in [-0.05, 0) is 38.2 Å². The molecule has 5 nitrogen and oxygen atoms in total. The number of imide groups is 1. The predicted molar refractivity (Wildman–Crippen MR) is 93.8 cm³/mol. The molecule has 1 aliphatic carbocycles. The maximum absolute atomic E-state index is 14.8. The third-order valence-electron chi connectivity index (χ3n) is 5.76. The van der Waals surface area contributed by atoms with Gasteiger partial charge in [0.2, 0.25) is 17.7 Å². The number of hydrogen-bond acceptors (Lipinski definition) is 4. The van der Waals surface area contributed by atoms with E-state index in [9.17, 15) is 18.8 Å². The Hall–Kier alpha value is -1.89. The van der Waals surface area contributed by atoms with E-state index >= 15 is 0 Å². The van der Waals surface area contributed by atoms with Crippen molar-refractivity contribution < 1.29 is 18.8 Å². The monoisotopic (exact) mass is 362 g/mol. The van der Waals surface area contributed by atoms with E-state index in [-0.39, 0.29) is 35.2 Å². The van der Waals surface area contributed by atoms with Gasteiger partial charge in [-0.2, -0.15) is 0 Å². The fourth-order valence-corrected chi connectivity index (χ4v) is 4.95. The lowest BCUT2D eigenvalue weighted by molar-refractivity contribution is -0.123. The number of nitrogens with zero attached hydrogens (tertiary/aromatic N) is 1. The Morgan fingerprint density at radius 1 is 1.16 bits per heavy atom. The number of carbonyl (C=O) groups is 3. The lowest BCUT2D eigenvalue weighted by Crippen LogP contribution is -2.35. The number of thioether (sulfide) groups is 1. The summed E-state index contributed by atoms with van der Waals surface area (Å²) in [7, 11) is 0. The number of hydrogen-bond donors (Lipinski definition) is 1. The third kappa shape index (κ3) is 2.11. The van der Waals surface area contributed by atoms with Gasteiger partial charge in [-0.15, -0.1) is 11.8 Å². The lowest BCUT2D eigenvalue weighted by atomic mass is 9.81. The Bertz CT molecular complexity index is 788. The third-order valence-corrected chi connectivity index (χ3v) is 6.97. The maximum Gasteiger partial charge on any atom is 0.244 e. The van der Waals surface area contributed by atoms with Crippen molar-refractivity contribution in [2.75, 3.05) is 16.5 Å². The highest BCUT2D eigenvalue weighted by Gasteiger charge is 2.53. The van der Waals surface area contributed by atoms with E-state index in [2.05, 4.69) is 5.32 Å². The van der Waals surface area contributed by atoms with Gasteiger partial charge < -0.3 is 5.32 Å². The summed E-state index contributed by atoms with van der Waals surface area (Å²) < 4.78 is 13.8. The Morgan fingerprint density at radius 2 is 1.76 bits per heavy atom. The van der Waals surface area contributed by atoms with Crippen LogP contribution in [0.2, 0.25) is 0 Å². The molecule has 1 saturated carbocycles. The highest BCUT2D eigenvalue weighted by Crippen LogP contribution is 2.52. The molecule has 2 heterocycles. The Labute approximate surface area is 149 Å². The molecule has 1 aromatic carbocycles. The Kier molecular flexibility index (Phi) is 3.68. The molecule has 3 amide bonds. The van der Waals surface area contributed by atoms with Crippen LogP contribution in [0.25, 0.3) is 0 Å². The molecule has 2 fully saturated rings. The molecule has 1 aromatic rings. The second kappa shape index (κ2) is 5.56. The molecule has 1 N–H and O–H groups in total. The highest BCUT2D eigenvalue weighted by molar-refractivity contribution is 8.00. The van der Waals surface area contributed by atoms with E-state index in [1.165, 1.54) is 23.9 Å². The van der Waals surface area contributed by atoms with E-state index in [0.717, 1.165) is 17.7 Å². The molecule has 3 unspecified atom stereocenters. The van der Waals surface area contributed by atoms with E-state index in [1.807, 2.05) is 0 Å². The average Bonchev–Trinajstić information content (AvgIpc) is 3.02. The van der Waals surface area contributed by atoms with Crippen LogP contribution < -0.4 is 10.2 Å². The van der Waals surface area contributed by atoms with Crippen LogP contribution in [0, 0.1) is 17.7 Å². The summed E-state index contributed by atoms with van der Waals surface area (Å²) in [5, 5.41) is 2.75. The van der Waals surface area contributed by atoms with Crippen molar-refractivity contribution in [2.45, 2.75) is 37.4 Å². The molecule has 7 heteroatoms. The Balaban J connectivity index is 1.90. The number of halogens is 1. The largest absolute Gasteiger partial charge is 0.324 e. The molecule has 0 spiro atoms. The lowest BCUT2D eigenvalue weighted by Gasteiger charge is -2.26. The zero-order valence-electron chi connectivity index (χ0n) is 14.1. The number of benzene rings is 1. The van der Waals surface area contributed by atoms with Gasteiger partial charge in [-0.3, -0.25) is 14.4 Å². The van der Waals surface area contributed by atoms with Crippen LogP contribution in [0.3, 0.4) is 0 Å². The van der Waals surface area contributed by atoms with Gasteiger partial charge in [-0.1, -0.05) is 12.8 Å². The predicted octanol–water partition coefficient (Wildman–Crippen LogP) is 3.04. The second-order valence-corrected chi connectivity index (χ2v) is 8.24. The molecule has 3 atom stereocenters. The topological polar surface area (TPSA) is 66.5 Å². The normalized spacial score (nSPS) is 31.2. The van der Waals surface area contributed by atoms with Gasteiger partial charge in [0.25, 0.3) is 0 Å². The molecule has 0 aromatic heterocycles. The minimum atomic E-state index is -1.04. The van der Waals surface area contributed by atoms with E-state index < -0.39 is 10.6 Å². The first kappa shape index (κ1) is 16.6. The molecule has 132 valence electrons.